The number of benzene rings is 1. The van der Waals surface area contributed by atoms with E-state index in [0.717, 1.165) is 11.3 Å². The first kappa shape index (κ1) is 9.98. The predicted octanol–water partition coefficient (Wildman–Crippen LogP) is 1.61. The summed E-state index contributed by atoms with van der Waals surface area (Å²) in [6.45, 7) is 1.57. The van der Waals surface area contributed by atoms with Crippen molar-refractivity contribution in [1.82, 2.24) is 0 Å². The van der Waals surface area contributed by atoms with Gasteiger partial charge in [0.05, 0.1) is 7.11 Å². The second-order valence-electron chi connectivity index (χ2n) is 3.68. The van der Waals surface area contributed by atoms with Gasteiger partial charge in [0.25, 0.3) is 0 Å². The molecule has 4 heteroatoms. The van der Waals surface area contributed by atoms with E-state index in [0.29, 0.717) is 0 Å². The number of hydrogen-bond acceptors (Lipinski definition) is 3. The molecule has 1 N–H and O–H groups in total. The van der Waals surface area contributed by atoms with E-state index < -0.39 is 11.6 Å². The zero-order valence-electron chi connectivity index (χ0n) is 8.56. The topological polar surface area (TPSA) is 59.1 Å². The largest absolute Gasteiger partial charge is 0.497 e. The molecule has 1 aromatic rings. The lowest BCUT2D eigenvalue weighted by Gasteiger charge is -2.01. The van der Waals surface area contributed by atoms with Gasteiger partial charge in [0, 0.05) is 0 Å². The van der Waals surface area contributed by atoms with Gasteiger partial charge in [-0.15, -0.1) is 0 Å². The maximum Gasteiger partial charge on any atom is 0.338 e. The summed E-state index contributed by atoms with van der Waals surface area (Å²) in [4.78, 5) is 10.8. The van der Waals surface area contributed by atoms with Crippen LogP contribution in [-0.2, 0) is 9.53 Å². The molecule has 1 heterocycles. The Hall–Kier alpha value is -1.55. The van der Waals surface area contributed by atoms with Crippen molar-refractivity contribution in [1.29, 1.82) is 0 Å². The van der Waals surface area contributed by atoms with E-state index in [1.807, 2.05) is 12.1 Å². The summed E-state index contributed by atoms with van der Waals surface area (Å²) in [6, 6.07) is 7.22. The van der Waals surface area contributed by atoms with Crippen molar-refractivity contribution in [2.75, 3.05) is 7.11 Å². The fourth-order valence-corrected chi connectivity index (χ4v) is 1.54. The molecular weight excluding hydrogens is 196 g/mol. The molecule has 4 nitrogen and oxygen atoms in total. The number of carbonyl (C=O) groups is 1. The molecule has 0 bridgehead atoms. The third-order valence-corrected chi connectivity index (χ3v) is 2.65. The van der Waals surface area contributed by atoms with Crippen LogP contribution in [0, 0.1) is 0 Å². The van der Waals surface area contributed by atoms with E-state index in [1.54, 1.807) is 26.2 Å². The minimum Gasteiger partial charge on any atom is -0.497 e. The van der Waals surface area contributed by atoms with Gasteiger partial charge in [-0.1, -0.05) is 12.1 Å². The van der Waals surface area contributed by atoms with Gasteiger partial charge in [-0.2, -0.15) is 0 Å². The number of hydrogen-bond donors (Lipinski definition) is 1. The smallest absolute Gasteiger partial charge is 0.338 e. The lowest BCUT2D eigenvalue weighted by molar-refractivity contribution is -0.142. The minimum absolute atomic E-state index is 0.346. The summed E-state index contributed by atoms with van der Waals surface area (Å²) in [5.41, 5.74) is -0.199. The normalized spacial score (nSPS) is 28.5. The lowest BCUT2D eigenvalue weighted by Crippen LogP contribution is -2.20. The Labute approximate surface area is 87.4 Å². The zero-order valence-corrected chi connectivity index (χ0v) is 8.56. The van der Waals surface area contributed by atoms with Gasteiger partial charge in [0.1, 0.15) is 11.9 Å². The molecule has 2 rings (SSSR count). The second-order valence-corrected chi connectivity index (χ2v) is 3.68. The molecule has 1 saturated heterocycles. The van der Waals surface area contributed by atoms with Crippen LogP contribution in [0.15, 0.2) is 24.3 Å². The number of aliphatic carboxylic acids is 1. The first-order chi connectivity index (χ1) is 7.08. The van der Waals surface area contributed by atoms with Crippen molar-refractivity contribution in [3.05, 3.63) is 29.8 Å². The Morgan fingerprint density at radius 1 is 1.47 bits per heavy atom. The van der Waals surface area contributed by atoms with Crippen LogP contribution < -0.4 is 4.74 Å². The SMILES string of the molecule is COc1ccc([C@@H]2O[C@@]2(C)C(=O)O)cc1. The Balaban J connectivity index is 2.16. The molecule has 0 unspecified atom stereocenters. The Morgan fingerprint density at radius 2 is 2.07 bits per heavy atom. The average molecular weight is 208 g/mol. The number of carboxylic acid groups (broad SMARTS) is 1. The van der Waals surface area contributed by atoms with Crippen LogP contribution in [0.1, 0.15) is 18.6 Å². The van der Waals surface area contributed by atoms with E-state index in [9.17, 15) is 4.79 Å². The summed E-state index contributed by atoms with van der Waals surface area (Å²) in [6.07, 6.45) is -0.346. The summed E-state index contributed by atoms with van der Waals surface area (Å²) in [7, 11) is 1.59. The third kappa shape index (κ3) is 1.57. The molecule has 1 aliphatic heterocycles. The number of rotatable bonds is 3. The molecule has 1 aromatic carbocycles. The fourth-order valence-electron chi connectivity index (χ4n) is 1.54. The van der Waals surface area contributed by atoms with Crippen LogP contribution in [0.25, 0.3) is 0 Å². The molecule has 0 saturated carbocycles. The highest BCUT2D eigenvalue weighted by molar-refractivity contribution is 5.81. The van der Waals surface area contributed by atoms with E-state index >= 15 is 0 Å². The Morgan fingerprint density at radius 3 is 2.47 bits per heavy atom. The highest BCUT2D eigenvalue weighted by Gasteiger charge is 2.59. The standard InChI is InChI=1S/C11H12O4/c1-11(10(12)13)9(15-11)7-3-5-8(14-2)6-4-7/h3-6,9H,1-2H3,(H,12,13)/t9-,11+/m0/s1. The van der Waals surface area contributed by atoms with Gasteiger partial charge in [0.2, 0.25) is 0 Å². The number of carboxylic acids is 1. The third-order valence-electron chi connectivity index (χ3n) is 2.65. The molecule has 0 spiro atoms. The maximum atomic E-state index is 10.8. The van der Waals surface area contributed by atoms with E-state index in [4.69, 9.17) is 14.6 Å². The molecule has 2 atom stereocenters. The van der Waals surface area contributed by atoms with Gasteiger partial charge in [-0.3, -0.25) is 0 Å². The molecule has 0 radical (unpaired) electrons. The highest BCUT2D eigenvalue weighted by atomic mass is 16.6. The Bertz CT molecular complexity index is 384. The van der Waals surface area contributed by atoms with Crippen molar-refractivity contribution >= 4 is 5.97 Å². The van der Waals surface area contributed by atoms with Crippen LogP contribution in [-0.4, -0.2) is 23.8 Å². The van der Waals surface area contributed by atoms with Gasteiger partial charge >= 0.3 is 5.97 Å². The zero-order chi connectivity index (χ0) is 11.1. The fraction of sp³-hybridized carbons (Fsp3) is 0.364. The molecule has 1 aliphatic rings. The van der Waals surface area contributed by atoms with Gasteiger partial charge in [0.15, 0.2) is 5.60 Å². The number of methoxy groups -OCH3 is 1. The molecule has 0 aliphatic carbocycles. The van der Waals surface area contributed by atoms with Crippen LogP contribution >= 0.6 is 0 Å². The summed E-state index contributed by atoms with van der Waals surface area (Å²) >= 11 is 0. The van der Waals surface area contributed by atoms with Crippen molar-refractivity contribution < 1.29 is 19.4 Å². The van der Waals surface area contributed by atoms with Crippen LogP contribution in [0.3, 0.4) is 0 Å². The molecule has 15 heavy (non-hydrogen) atoms. The van der Waals surface area contributed by atoms with Gasteiger partial charge in [-0.25, -0.2) is 4.79 Å². The van der Waals surface area contributed by atoms with E-state index in [-0.39, 0.29) is 6.10 Å². The monoisotopic (exact) mass is 208 g/mol. The van der Waals surface area contributed by atoms with Gasteiger partial charge in [-0.05, 0) is 24.6 Å². The highest BCUT2D eigenvalue weighted by Crippen LogP contribution is 2.49. The van der Waals surface area contributed by atoms with Crippen molar-refractivity contribution in [2.45, 2.75) is 18.6 Å². The van der Waals surface area contributed by atoms with Crippen molar-refractivity contribution in [3.8, 4) is 5.75 Å². The van der Waals surface area contributed by atoms with Crippen LogP contribution in [0.4, 0.5) is 0 Å². The quantitative estimate of drug-likeness (QED) is 0.766. The summed E-state index contributed by atoms with van der Waals surface area (Å²) in [5, 5.41) is 8.90. The number of epoxide rings is 1. The van der Waals surface area contributed by atoms with Crippen molar-refractivity contribution in [3.63, 3.8) is 0 Å². The van der Waals surface area contributed by atoms with E-state index in [2.05, 4.69) is 0 Å². The molecule has 80 valence electrons. The van der Waals surface area contributed by atoms with Crippen molar-refractivity contribution in [2.24, 2.45) is 0 Å². The molecule has 0 aromatic heterocycles. The van der Waals surface area contributed by atoms with Gasteiger partial charge < -0.3 is 14.6 Å². The van der Waals surface area contributed by atoms with E-state index in [1.165, 1.54) is 0 Å². The van der Waals surface area contributed by atoms with Crippen LogP contribution in [0.5, 0.6) is 5.75 Å². The average Bonchev–Trinajstić information content (AvgIpc) is 2.93. The first-order valence-corrected chi connectivity index (χ1v) is 4.63. The first-order valence-electron chi connectivity index (χ1n) is 4.63. The maximum absolute atomic E-state index is 10.8. The Kier molecular flexibility index (Phi) is 2.16. The van der Waals surface area contributed by atoms with Crippen LogP contribution in [0.2, 0.25) is 0 Å². The second kappa shape index (κ2) is 3.24. The summed E-state index contributed by atoms with van der Waals surface area (Å²) < 4.78 is 10.2. The lowest BCUT2D eigenvalue weighted by atomic mass is 10.0. The predicted molar refractivity (Wildman–Crippen MR) is 52.9 cm³/mol. The molecule has 0 amide bonds. The summed E-state index contributed by atoms with van der Waals surface area (Å²) in [5.74, 6) is -0.181. The minimum atomic E-state index is -1.06. The molecule has 1 fully saturated rings. The molecular formula is C11H12O4. The number of ether oxygens (including phenoxy) is 2.